The number of hydrogen-bond acceptors (Lipinski definition) is 5. The smallest absolute Gasteiger partial charge is 0.150 e. The van der Waals surface area contributed by atoms with Gasteiger partial charge in [-0.05, 0) is 11.6 Å². The average molecular weight is 323 g/mol. The Morgan fingerprint density at radius 1 is 1.43 bits per heavy atom. The Balaban J connectivity index is 2.31. The summed E-state index contributed by atoms with van der Waals surface area (Å²) in [4.78, 5) is 0. The first kappa shape index (κ1) is 13.9. The molecule has 3 rings (SSSR count). The Bertz CT molecular complexity index is 790. The first-order valence-electron chi connectivity index (χ1n) is 6.12. The average Bonchev–Trinajstić information content (AvgIpc) is 3.10. The van der Waals surface area contributed by atoms with Crippen LogP contribution in [-0.4, -0.2) is 23.2 Å². The van der Waals surface area contributed by atoms with Gasteiger partial charge in [0.05, 0.1) is 21.8 Å². The number of nitrogens with zero attached hydrogens (tertiary/aromatic N) is 2. The number of hydrogen-bond donors (Lipinski definition) is 4. The Labute approximate surface area is 130 Å². The second-order valence-corrected chi connectivity index (χ2v) is 5.29. The van der Waals surface area contributed by atoms with Crippen LogP contribution < -0.4 is 16.7 Å². The van der Waals surface area contributed by atoms with E-state index in [1.54, 1.807) is 10.6 Å². The summed E-state index contributed by atoms with van der Waals surface area (Å²) in [6.07, 6.45) is 4.96. The third-order valence-corrected chi connectivity index (χ3v) is 4.08. The quantitative estimate of drug-likeness (QED) is 0.295. The number of nitrogens with one attached hydrogen (secondary N) is 3. The molecule has 0 unspecified atom stereocenters. The van der Waals surface area contributed by atoms with Crippen molar-refractivity contribution in [2.75, 3.05) is 6.54 Å². The Hall–Kier alpha value is -2.02. The molecule has 1 aliphatic heterocycles. The highest BCUT2D eigenvalue weighted by Gasteiger charge is 2.19. The minimum atomic E-state index is 0.109. The van der Waals surface area contributed by atoms with Gasteiger partial charge in [-0.15, -0.1) is 0 Å². The molecule has 0 aliphatic carbocycles. The molecule has 2 heterocycles. The molecule has 1 aliphatic rings. The minimum absolute atomic E-state index is 0.109. The molecule has 21 heavy (non-hydrogen) atoms. The van der Waals surface area contributed by atoms with E-state index in [2.05, 4.69) is 16.0 Å². The molecule has 108 valence electrons. The standard InChI is InChI=1S/C13H12Cl2N6/c14-10-2-1-8-9(7-3-19-20-4-7)6-21(11(16)5-18-17)13(8)12(10)15/h1-3,5-6,16,19-20H,4,17H2/b16-11?,18-5-. The summed E-state index contributed by atoms with van der Waals surface area (Å²) >= 11 is 12.4. The van der Waals surface area contributed by atoms with E-state index in [0.717, 1.165) is 16.5 Å². The SMILES string of the molecule is N=C(/C=N\N)n1cc(C2=CNNC2)c2ccc(Cl)c(Cl)c21. The fourth-order valence-corrected chi connectivity index (χ4v) is 2.75. The molecule has 0 bridgehead atoms. The second kappa shape index (κ2) is 5.40. The molecule has 0 fully saturated rings. The van der Waals surface area contributed by atoms with E-state index in [1.807, 2.05) is 18.5 Å². The highest BCUT2D eigenvalue weighted by Crippen LogP contribution is 2.36. The van der Waals surface area contributed by atoms with Crippen LogP contribution in [-0.2, 0) is 0 Å². The summed E-state index contributed by atoms with van der Waals surface area (Å²) in [5.74, 6) is 5.24. The number of hydrazone groups is 1. The summed E-state index contributed by atoms with van der Waals surface area (Å²) in [5, 5.41) is 13.2. The number of aromatic nitrogens is 1. The molecule has 0 atom stereocenters. The number of rotatable bonds is 2. The first-order valence-corrected chi connectivity index (χ1v) is 6.88. The molecule has 5 N–H and O–H groups in total. The number of hydrazine groups is 1. The van der Waals surface area contributed by atoms with Crippen molar-refractivity contribution < 1.29 is 0 Å². The molecule has 0 radical (unpaired) electrons. The number of nitrogens with two attached hydrogens (primary N) is 1. The highest BCUT2D eigenvalue weighted by atomic mass is 35.5. The third-order valence-electron chi connectivity index (χ3n) is 3.29. The van der Waals surface area contributed by atoms with Crippen molar-refractivity contribution in [2.45, 2.75) is 0 Å². The zero-order valence-corrected chi connectivity index (χ0v) is 12.3. The Morgan fingerprint density at radius 2 is 2.24 bits per heavy atom. The fraction of sp³-hybridized carbons (Fsp3) is 0.0769. The summed E-state index contributed by atoms with van der Waals surface area (Å²) in [6, 6.07) is 3.64. The molecule has 0 spiro atoms. The van der Waals surface area contributed by atoms with Crippen LogP contribution in [0.5, 0.6) is 0 Å². The van der Waals surface area contributed by atoms with Crippen molar-refractivity contribution in [1.82, 2.24) is 15.4 Å². The van der Waals surface area contributed by atoms with Gasteiger partial charge in [-0.25, -0.2) is 5.43 Å². The van der Waals surface area contributed by atoms with Crippen LogP contribution in [0.1, 0.15) is 5.56 Å². The lowest BCUT2D eigenvalue weighted by atomic mass is 10.1. The van der Waals surface area contributed by atoms with Gasteiger partial charge in [0.1, 0.15) is 5.84 Å². The van der Waals surface area contributed by atoms with Crippen molar-refractivity contribution in [1.29, 1.82) is 5.41 Å². The monoisotopic (exact) mass is 322 g/mol. The first-order chi connectivity index (χ1) is 10.1. The minimum Gasteiger partial charge on any atom is -0.328 e. The van der Waals surface area contributed by atoms with E-state index >= 15 is 0 Å². The summed E-state index contributed by atoms with van der Waals surface area (Å²) in [5.41, 5.74) is 8.66. The molecular formula is C13H12Cl2N6. The van der Waals surface area contributed by atoms with E-state index in [1.165, 1.54) is 6.21 Å². The van der Waals surface area contributed by atoms with Crippen LogP contribution in [0, 0.1) is 5.41 Å². The third kappa shape index (κ3) is 2.27. The van der Waals surface area contributed by atoms with Crippen LogP contribution in [0.2, 0.25) is 10.0 Å². The normalized spacial score (nSPS) is 14.7. The topological polar surface area (TPSA) is 91.2 Å². The largest absolute Gasteiger partial charge is 0.328 e. The summed E-state index contributed by atoms with van der Waals surface area (Å²) in [7, 11) is 0. The molecule has 2 aromatic rings. The zero-order chi connectivity index (χ0) is 15.0. The van der Waals surface area contributed by atoms with Gasteiger partial charge < -0.3 is 11.3 Å². The van der Waals surface area contributed by atoms with Crippen LogP contribution >= 0.6 is 23.2 Å². The van der Waals surface area contributed by atoms with Gasteiger partial charge in [0.25, 0.3) is 0 Å². The van der Waals surface area contributed by atoms with Gasteiger partial charge >= 0.3 is 0 Å². The Kier molecular flexibility index (Phi) is 3.59. The molecule has 0 amide bonds. The molecule has 8 heteroatoms. The van der Waals surface area contributed by atoms with Gasteiger partial charge in [0, 0.05) is 29.9 Å². The maximum Gasteiger partial charge on any atom is 0.150 e. The lowest BCUT2D eigenvalue weighted by Crippen LogP contribution is -2.20. The predicted molar refractivity (Wildman–Crippen MR) is 86.9 cm³/mol. The number of benzene rings is 1. The maximum atomic E-state index is 8.04. The van der Waals surface area contributed by atoms with E-state index in [9.17, 15) is 0 Å². The van der Waals surface area contributed by atoms with Gasteiger partial charge in [-0.2, -0.15) is 5.10 Å². The van der Waals surface area contributed by atoms with Crippen molar-refractivity contribution in [3.63, 3.8) is 0 Å². The molecule has 6 nitrogen and oxygen atoms in total. The molecule has 1 aromatic heterocycles. The molecular weight excluding hydrogens is 311 g/mol. The highest BCUT2D eigenvalue weighted by molar-refractivity contribution is 6.46. The van der Waals surface area contributed by atoms with E-state index in [0.29, 0.717) is 22.1 Å². The van der Waals surface area contributed by atoms with Crippen LogP contribution in [0.3, 0.4) is 0 Å². The fourth-order valence-electron chi connectivity index (χ4n) is 2.34. The van der Waals surface area contributed by atoms with Crippen molar-refractivity contribution in [3.05, 3.63) is 40.1 Å². The van der Waals surface area contributed by atoms with Crippen molar-refractivity contribution in [3.8, 4) is 0 Å². The van der Waals surface area contributed by atoms with E-state index in [-0.39, 0.29) is 5.84 Å². The lowest BCUT2D eigenvalue weighted by Gasteiger charge is -2.05. The molecule has 0 saturated carbocycles. The maximum absolute atomic E-state index is 8.04. The van der Waals surface area contributed by atoms with Crippen LogP contribution in [0.15, 0.2) is 29.6 Å². The summed E-state index contributed by atoms with van der Waals surface area (Å²) < 4.78 is 1.62. The second-order valence-electron chi connectivity index (χ2n) is 4.50. The van der Waals surface area contributed by atoms with Gasteiger partial charge in [-0.1, -0.05) is 29.3 Å². The number of fused-ring (bicyclic) bond motifs is 1. The van der Waals surface area contributed by atoms with E-state index in [4.69, 9.17) is 34.5 Å². The summed E-state index contributed by atoms with van der Waals surface area (Å²) in [6.45, 7) is 0.678. The number of halogens is 2. The van der Waals surface area contributed by atoms with Gasteiger partial charge in [0.2, 0.25) is 0 Å². The Morgan fingerprint density at radius 3 is 2.90 bits per heavy atom. The zero-order valence-electron chi connectivity index (χ0n) is 10.8. The van der Waals surface area contributed by atoms with Crippen molar-refractivity contribution >= 4 is 51.7 Å². The van der Waals surface area contributed by atoms with Gasteiger partial charge in [0.15, 0.2) is 0 Å². The van der Waals surface area contributed by atoms with Crippen LogP contribution in [0.4, 0.5) is 0 Å². The lowest BCUT2D eigenvalue weighted by molar-refractivity contribution is 0.730. The molecule has 1 aromatic carbocycles. The van der Waals surface area contributed by atoms with Crippen molar-refractivity contribution in [2.24, 2.45) is 10.9 Å². The predicted octanol–water partition coefficient (Wildman–Crippen LogP) is 2.17. The van der Waals surface area contributed by atoms with Gasteiger partial charge in [-0.3, -0.25) is 9.98 Å². The van der Waals surface area contributed by atoms with Crippen LogP contribution in [0.25, 0.3) is 16.5 Å². The van der Waals surface area contributed by atoms with E-state index < -0.39 is 0 Å². The molecule has 0 saturated heterocycles.